The van der Waals surface area contributed by atoms with E-state index in [0.29, 0.717) is 6.54 Å². The molecule has 0 saturated heterocycles. The Balaban J connectivity index is 2.46. The molecule has 1 aromatic rings. The van der Waals surface area contributed by atoms with Gasteiger partial charge in [0.15, 0.2) is 0 Å². The summed E-state index contributed by atoms with van der Waals surface area (Å²) in [5.74, 6) is -0.318. The molecular weight excluding hydrogens is 248 g/mol. The van der Waals surface area contributed by atoms with Gasteiger partial charge in [-0.3, -0.25) is 4.79 Å². The third-order valence-corrected chi connectivity index (χ3v) is 4.55. The summed E-state index contributed by atoms with van der Waals surface area (Å²) in [4.78, 5) is 11.2. The van der Waals surface area contributed by atoms with Crippen LogP contribution in [0.4, 0.5) is 0 Å². The van der Waals surface area contributed by atoms with E-state index in [1.807, 2.05) is 6.92 Å². The zero-order chi connectivity index (χ0) is 12.0. The van der Waals surface area contributed by atoms with Crippen LogP contribution in [0.15, 0.2) is 21.7 Å². The lowest BCUT2D eigenvalue weighted by Gasteiger charge is -2.05. The summed E-state index contributed by atoms with van der Waals surface area (Å²) < 4.78 is 25.6. The molecule has 1 aromatic heterocycles. The molecule has 0 aliphatic rings. The van der Waals surface area contributed by atoms with Crippen molar-refractivity contribution in [1.82, 2.24) is 10.0 Å². The van der Waals surface area contributed by atoms with E-state index in [4.69, 9.17) is 0 Å². The van der Waals surface area contributed by atoms with Crippen molar-refractivity contribution in [2.24, 2.45) is 0 Å². The number of sulfonamides is 1. The summed E-state index contributed by atoms with van der Waals surface area (Å²) in [6.45, 7) is 2.26. The molecule has 0 atom stereocenters. The average Bonchev–Trinajstić information content (AvgIpc) is 2.77. The quantitative estimate of drug-likeness (QED) is 0.786. The second kappa shape index (κ2) is 5.97. The van der Waals surface area contributed by atoms with E-state index in [1.165, 1.54) is 6.07 Å². The molecule has 1 amide bonds. The van der Waals surface area contributed by atoms with E-state index in [2.05, 4.69) is 10.0 Å². The van der Waals surface area contributed by atoms with Crippen LogP contribution in [0.25, 0.3) is 0 Å². The largest absolute Gasteiger partial charge is 0.355 e. The lowest BCUT2D eigenvalue weighted by molar-refractivity contribution is -0.119. The second-order valence-electron chi connectivity index (χ2n) is 3.11. The van der Waals surface area contributed by atoms with Crippen LogP contribution in [0.2, 0.25) is 0 Å². The summed E-state index contributed by atoms with van der Waals surface area (Å²) in [7, 11) is -3.53. The van der Waals surface area contributed by atoms with Gasteiger partial charge >= 0.3 is 0 Å². The predicted octanol–water partition coefficient (Wildman–Crippen LogP) is 0.553. The molecule has 5 nitrogen and oxygen atoms in total. The number of carbonyl (C=O) groups excluding carboxylic acids is 1. The van der Waals surface area contributed by atoms with E-state index in [0.717, 1.165) is 17.8 Å². The van der Waals surface area contributed by atoms with Crippen molar-refractivity contribution >= 4 is 27.3 Å². The van der Waals surface area contributed by atoms with Crippen molar-refractivity contribution < 1.29 is 13.2 Å². The van der Waals surface area contributed by atoms with Crippen molar-refractivity contribution in [2.75, 3.05) is 13.1 Å². The molecule has 90 valence electrons. The van der Waals surface area contributed by atoms with Gasteiger partial charge in [0.2, 0.25) is 5.91 Å². The Kier molecular flexibility index (Phi) is 4.91. The lowest BCUT2D eigenvalue weighted by atomic mass is 10.5. The van der Waals surface area contributed by atoms with E-state index >= 15 is 0 Å². The Morgan fingerprint density at radius 2 is 2.25 bits per heavy atom. The highest BCUT2D eigenvalue weighted by Gasteiger charge is 2.15. The van der Waals surface area contributed by atoms with Crippen LogP contribution < -0.4 is 10.0 Å². The molecule has 7 heteroatoms. The van der Waals surface area contributed by atoms with Crippen LogP contribution in [-0.4, -0.2) is 27.4 Å². The van der Waals surface area contributed by atoms with Crippen molar-refractivity contribution in [3.05, 3.63) is 17.5 Å². The highest BCUT2D eigenvalue weighted by molar-refractivity contribution is 7.91. The minimum Gasteiger partial charge on any atom is -0.355 e. The molecule has 0 bridgehead atoms. The van der Waals surface area contributed by atoms with Gasteiger partial charge in [0.25, 0.3) is 10.0 Å². The van der Waals surface area contributed by atoms with Gasteiger partial charge in [0.05, 0.1) is 6.54 Å². The topological polar surface area (TPSA) is 75.3 Å². The molecule has 2 N–H and O–H groups in total. The van der Waals surface area contributed by atoms with E-state index in [1.54, 1.807) is 11.4 Å². The predicted molar refractivity (Wildman–Crippen MR) is 62.8 cm³/mol. The third kappa shape index (κ3) is 3.92. The van der Waals surface area contributed by atoms with Crippen molar-refractivity contribution in [2.45, 2.75) is 17.6 Å². The summed E-state index contributed by atoms with van der Waals surface area (Å²) in [5.41, 5.74) is 0. The minimum atomic E-state index is -3.53. The van der Waals surface area contributed by atoms with Crippen molar-refractivity contribution in [3.8, 4) is 0 Å². The molecule has 16 heavy (non-hydrogen) atoms. The van der Waals surface area contributed by atoms with Crippen LogP contribution in [0.3, 0.4) is 0 Å². The fraction of sp³-hybridized carbons (Fsp3) is 0.444. The molecule has 0 unspecified atom stereocenters. The summed E-state index contributed by atoms with van der Waals surface area (Å²) in [5, 5.41) is 4.26. The molecule has 0 fully saturated rings. The number of thiophene rings is 1. The Bertz CT molecular complexity index is 426. The molecule has 0 aromatic carbocycles. The number of nitrogens with one attached hydrogen (secondary N) is 2. The fourth-order valence-electron chi connectivity index (χ4n) is 0.975. The first-order valence-corrected chi connectivity index (χ1v) is 7.22. The molecule has 0 radical (unpaired) electrons. The molecular formula is C9H14N2O3S2. The number of hydrogen-bond acceptors (Lipinski definition) is 4. The van der Waals surface area contributed by atoms with Crippen LogP contribution in [0, 0.1) is 0 Å². The zero-order valence-corrected chi connectivity index (χ0v) is 10.5. The minimum absolute atomic E-state index is 0.218. The van der Waals surface area contributed by atoms with Gasteiger partial charge in [-0.15, -0.1) is 11.3 Å². The summed E-state index contributed by atoms with van der Waals surface area (Å²) >= 11 is 1.12. The third-order valence-electron chi connectivity index (χ3n) is 1.75. The monoisotopic (exact) mass is 262 g/mol. The maximum atomic E-state index is 11.6. The van der Waals surface area contributed by atoms with Crippen LogP contribution in [-0.2, 0) is 14.8 Å². The van der Waals surface area contributed by atoms with Crippen molar-refractivity contribution in [1.29, 1.82) is 0 Å². The Morgan fingerprint density at radius 1 is 1.50 bits per heavy atom. The molecule has 1 rings (SSSR count). The van der Waals surface area contributed by atoms with Gasteiger partial charge in [-0.2, -0.15) is 0 Å². The van der Waals surface area contributed by atoms with Crippen LogP contribution in [0.1, 0.15) is 13.3 Å². The molecule has 1 heterocycles. The maximum Gasteiger partial charge on any atom is 0.250 e. The molecule has 0 aliphatic heterocycles. The van der Waals surface area contributed by atoms with E-state index in [9.17, 15) is 13.2 Å². The first kappa shape index (κ1) is 13.1. The first-order chi connectivity index (χ1) is 7.56. The smallest absolute Gasteiger partial charge is 0.250 e. The Morgan fingerprint density at radius 3 is 2.81 bits per heavy atom. The van der Waals surface area contributed by atoms with Gasteiger partial charge in [-0.05, 0) is 17.9 Å². The standard InChI is InChI=1S/C9H14N2O3S2/c1-2-5-10-8(12)7-11-16(13,14)9-4-3-6-15-9/h3-4,6,11H,2,5,7H2,1H3,(H,10,12). The average molecular weight is 262 g/mol. The fourth-order valence-corrected chi connectivity index (χ4v) is 2.99. The molecule has 0 aliphatic carbocycles. The number of amides is 1. The highest BCUT2D eigenvalue weighted by atomic mass is 32.2. The second-order valence-corrected chi connectivity index (χ2v) is 6.05. The SMILES string of the molecule is CCCNC(=O)CNS(=O)(=O)c1cccs1. The number of carbonyl (C=O) groups is 1. The van der Waals surface area contributed by atoms with Crippen LogP contribution in [0.5, 0.6) is 0 Å². The Hall–Kier alpha value is -0.920. The number of rotatable bonds is 6. The van der Waals surface area contributed by atoms with Gasteiger partial charge in [0.1, 0.15) is 4.21 Å². The Labute approximate surface area is 98.9 Å². The first-order valence-electron chi connectivity index (χ1n) is 4.86. The normalized spacial score (nSPS) is 11.3. The van der Waals surface area contributed by atoms with Gasteiger partial charge in [-0.25, -0.2) is 13.1 Å². The highest BCUT2D eigenvalue weighted by Crippen LogP contribution is 2.14. The number of hydrogen-bond donors (Lipinski definition) is 2. The van der Waals surface area contributed by atoms with Crippen molar-refractivity contribution in [3.63, 3.8) is 0 Å². The summed E-state index contributed by atoms with van der Waals surface area (Å²) in [6, 6.07) is 3.15. The lowest BCUT2D eigenvalue weighted by Crippen LogP contribution is -2.36. The van der Waals surface area contributed by atoms with Gasteiger partial charge in [-0.1, -0.05) is 13.0 Å². The van der Waals surface area contributed by atoms with E-state index < -0.39 is 10.0 Å². The van der Waals surface area contributed by atoms with E-state index in [-0.39, 0.29) is 16.7 Å². The van der Waals surface area contributed by atoms with Gasteiger partial charge < -0.3 is 5.32 Å². The maximum absolute atomic E-state index is 11.6. The van der Waals surface area contributed by atoms with Gasteiger partial charge in [0, 0.05) is 6.54 Å². The molecule has 0 spiro atoms. The van der Waals surface area contributed by atoms with Crippen LogP contribution >= 0.6 is 11.3 Å². The molecule has 0 saturated carbocycles. The summed E-state index contributed by atoms with van der Waals surface area (Å²) in [6.07, 6.45) is 0.823. The zero-order valence-electron chi connectivity index (χ0n) is 8.89.